The number of carbonyl (C=O) groups excluding carboxylic acids is 2. The molecule has 10 rings (SSSR count). The number of rotatable bonds is 16. The van der Waals surface area contributed by atoms with Crippen molar-refractivity contribution in [1.29, 1.82) is 0 Å². The highest BCUT2D eigenvalue weighted by atomic mass is 79.9. The van der Waals surface area contributed by atoms with Crippen molar-refractivity contribution in [3.05, 3.63) is 214 Å². The van der Waals surface area contributed by atoms with Crippen molar-refractivity contribution in [2.75, 3.05) is 6.61 Å². The van der Waals surface area contributed by atoms with Crippen molar-refractivity contribution in [2.24, 2.45) is 0 Å². The molecule has 85 heavy (non-hydrogen) atoms. The third-order valence-electron chi connectivity index (χ3n) is 12.7. The van der Waals surface area contributed by atoms with E-state index in [0.29, 0.717) is 63.1 Å². The van der Waals surface area contributed by atoms with E-state index in [-0.39, 0.29) is 79.4 Å². The Balaban J connectivity index is 0.000000278. The summed E-state index contributed by atoms with van der Waals surface area (Å²) in [5.41, 5.74) is 4.45. The minimum atomic E-state index is -4.41. The lowest BCUT2D eigenvalue weighted by atomic mass is 9.91. The van der Waals surface area contributed by atoms with Crippen LogP contribution in [0.25, 0.3) is 22.9 Å². The van der Waals surface area contributed by atoms with Gasteiger partial charge in [-0.25, -0.2) is 19.7 Å². The van der Waals surface area contributed by atoms with Gasteiger partial charge in [0.2, 0.25) is 17.7 Å². The number of amides is 2. The molecule has 0 saturated carbocycles. The van der Waals surface area contributed by atoms with Crippen molar-refractivity contribution in [3.8, 4) is 34.4 Å². The van der Waals surface area contributed by atoms with Gasteiger partial charge in [-0.2, -0.15) is 26.3 Å². The van der Waals surface area contributed by atoms with Crippen LogP contribution in [0.5, 0.6) is 11.5 Å². The summed E-state index contributed by atoms with van der Waals surface area (Å²) in [5, 5.41) is 27.1. The number of phenolic OH excluding ortho intramolecular Hbond substituents is 1. The van der Waals surface area contributed by atoms with Crippen LogP contribution < -0.4 is 4.74 Å². The number of aliphatic carboxylic acids is 1. The lowest BCUT2D eigenvalue weighted by Gasteiger charge is -2.22. The van der Waals surface area contributed by atoms with Gasteiger partial charge in [0.05, 0.1) is 51.7 Å². The first-order valence-electron chi connectivity index (χ1n) is 24.6. The topological polar surface area (TPSA) is 217 Å². The normalized spacial score (nSPS) is 13.4. The Morgan fingerprint density at radius 1 is 0.659 bits per heavy atom. The zero-order valence-electron chi connectivity index (χ0n) is 42.9. The van der Waals surface area contributed by atoms with Gasteiger partial charge in [0.1, 0.15) is 43.0 Å². The molecule has 0 bridgehead atoms. The second-order valence-electron chi connectivity index (χ2n) is 18.2. The quantitative estimate of drug-likeness (QED) is 0.0679. The molecule has 1 aliphatic rings. The number of imide groups is 1. The molecule has 16 nitrogen and oxygen atoms in total. The van der Waals surface area contributed by atoms with Crippen LogP contribution in [0.1, 0.15) is 116 Å². The summed E-state index contributed by atoms with van der Waals surface area (Å²) in [5.74, 6) is 0.110. The number of alkyl halides is 7. The van der Waals surface area contributed by atoms with Gasteiger partial charge < -0.3 is 37.6 Å². The zero-order chi connectivity index (χ0) is 57.8. The number of phenols is 1. The number of nitrogens with zero attached hydrogens (tertiary/aromatic N) is 5. The molecule has 0 unspecified atom stereocenters. The van der Waals surface area contributed by atoms with E-state index in [1.54, 1.807) is 74.5 Å². The molecule has 2 amide bonds. The summed E-state index contributed by atoms with van der Waals surface area (Å²) in [6, 6.07) is 35.4. The molecule has 0 spiro atoms. The highest BCUT2D eigenvalue weighted by Gasteiger charge is 2.39. The highest BCUT2D eigenvalue weighted by Crippen LogP contribution is 2.35. The number of benzene rings is 5. The van der Waals surface area contributed by atoms with E-state index in [2.05, 4.69) is 36.2 Å². The van der Waals surface area contributed by atoms with Gasteiger partial charge in [0, 0.05) is 41.5 Å². The number of oxazole rings is 2. The number of carboxylic acids is 1. The number of cyclic esters (lactones) is 1. The van der Waals surface area contributed by atoms with Gasteiger partial charge in [-0.15, -0.1) is 0 Å². The largest absolute Gasteiger partial charge is 0.508 e. The van der Waals surface area contributed by atoms with Crippen LogP contribution >= 0.6 is 15.9 Å². The second-order valence-corrected chi connectivity index (χ2v) is 18.8. The number of aromatic hydroxyl groups is 1. The molecule has 5 aromatic carbocycles. The molecular weight excluding hydrogens is 1180 g/mol. The maximum atomic E-state index is 13.1. The van der Waals surface area contributed by atoms with Crippen molar-refractivity contribution in [3.63, 3.8) is 0 Å². The van der Waals surface area contributed by atoms with E-state index in [1.807, 2.05) is 30.3 Å². The summed E-state index contributed by atoms with van der Waals surface area (Å²) >= 11 is 3.25. The average molecular weight is 1250 g/mol. The first-order valence-corrected chi connectivity index (χ1v) is 25.8. The Morgan fingerprint density at radius 2 is 1.13 bits per heavy atom. The molecule has 5 heterocycles. The standard InChI is InChI=1S/C24H19F3N2O5.C22H20N2O5.C12H9BrF3NO.4CH4/c1-14-21(34-23(28-14)16-2-6-17(7-3-16)24(25,26)27)13-32-18-8-4-15(5-9-18)19(12-22(30)31)20-10-11-33-29-20;25-18-8-6-16(7-9-18)19(20-10-11-29-23-20)13-21(26)24-17(14-28-22(24)27)12-15-4-2-1-3-5-15;1-7-10(6-13)18-11(17-7)8-2-4-9(5-3-8)12(14,15)16;;;;/h2-11,19H,12-13H2,1H3,(H,30,31);1-11,17,19,25H,12-14H2;2-5H,6H2,1H3;4*1H4/t19-;17-,19-;;;;;/m00...../s1. The van der Waals surface area contributed by atoms with Crippen molar-refractivity contribution in [2.45, 2.75) is 105 Å². The van der Waals surface area contributed by atoms with E-state index in [9.17, 15) is 50.9 Å². The van der Waals surface area contributed by atoms with Crippen LogP contribution in [0.4, 0.5) is 31.1 Å². The molecule has 2 N–H and O–H groups in total. The van der Waals surface area contributed by atoms with Gasteiger partial charge in [-0.05, 0) is 110 Å². The SMILES string of the molecule is C.C.C.C.Cc1nc(-c2ccc(C(F)(F)F)cc2)oc1CBr.Cc1nc(-c2ccc(C(F)(F)F)cc2)oc1COc1ccc([C@H](CC(=O)O)c2ccon2)cc1.O=C(C[C@@H](c1ccc(O)cc1)c1ccon1)N1C(=O)OC[C@@H]1Cc1ccccc1. The molecule has 0 aliphatic carbocycles. The number of carboxylic acid groups (broad SMARTS) is 1. The Bertz CT molecular complexity index is 3490. The van der Waals surface area contributed by atoms with Crippen LogP contribution in [0.2, 0.25) is 0 Å². The van der Waals surface area contributed by atoms with E-state index in [0.717, 1.165) is 46.6 Å². The highest BCUT2D eigenvalue weighted by molar-refractivity contribution is 9.08. The Hall–Kier alpha value is -8.99. The fourth-order valence-electron chi connectivity index (χ4n) is 8.46. The zero-order valence-corrected chi connectivity index (χ0v) is 44.4. The van der Waals surface area contributed by atoms with Crippen molar-refractivity contribution < 1.29 is 78.3 Å². The van der Waals surface area contributed by atoms with Gasteiger partial charge in [-0.1, -0.05) is 111 Å². The number of halogens is 7. The molecule has 3 atom stereocenters. The fraction of sp³-hybridized carbons (Fsp3) is 0.274. The second kappa shape index (κ2) is 30.5. The smallest absolute Gasteiger partial charge is 0.416 e. The number of hydrogen-bond acceptors (Lipinski definition) is 14. The predicted molar refractivity (Wildman–Crippen MR) is 307 cm³/mol. The van der Waals surface area contributed by atoms with Crippen molar-refractivity contribution >= 4 is 33.9 Å². The molecule has 1 aliphatic heterocycles. The summed E-state index contributed by atoms with van der Waals surface area (Å²) in [6.07, 6.45) is -6.12. The Labute approximate surface area is 495 Å². The van der Waals surface area contributed by atoms with E-state index < -0.39 is 47.4 Å². The third kappa shape index (κ3) is 18.0. The molecule has 1 fully saturated rings. The number of ether oxygens (including phenoxy) is 2. The summed E-state index contributed by atoms with van der Waals surface area (Å²) in [7, 11) is 0. The summed E-state index contributed by atoms with van der Waals surface area (Å²) in [6.45, 7) is 3.73. The minimum absolute atomic E-state index is 0. The Kier molecular flexibility index (Phi) is 24.6. The summed E-state index contributed by atoms with van der Waals surface area (Å²) in [4.78, 5) is 46.3. The minimum Gasteiger partial charge on any atom is -0.508 e. The molecule has 452 valence electrons. The first-order chi connectivity index (χ1) is 38.7. The Morgan fingerprint density at radius 3 is 1.58 bits per heavy atom. The van der Waals surface area contributed by atoms with E-state index >= 15 is 0 Å². The maximum absolute atomic E-state index is 13.1. The number of aryl methyl sites for hydroxylation is 2. The van der Waals surface area contributed by atoms with Gasteiger partial charge >= 0.3 is 24.4 Å². The van der Waals surface area contributed by atoms with Gasteiger partial charge in [-0.3, -0.25) is 9.59 Å². The van der Waals surface area contributed by atoms with Crippen LogP contribution in [0, 0.1) is 13.8 Å². The van der Waals surface area contributed by atoms with Crippen LogP contribution in [0.15, 0.2) is 170 Å². The monoisotopic (exact) mass is 1250 g/mol. The third-order valence-corrected chi connectivity index (χ3v) is 13.2. The predicted octanol–water partition coefficient (Wildman–Crippen LogP) is 16.4. The molecular formula is C62H64BrF6N5O11. The van der Waals surface area contributed by atoms with Gasteiger partial charge in [0.15, 0.2) is 5.76 Å². The molecule has 9 aromatic rings. The summed E-state index contributed by atoms with van der Waals surface area (Å²) < 4.78 is 107. The average Bonchev–Trinajstić information content (AvgIpc) is 4.54. The van der Waals surface area contributed by atoms with Crippen LogP contribution in [-0.2, 0) is 45.0 Å². The molecule has 0 radical (unpaired) electrons. The lowest BCUT2D eigenvalue weighted by Crippen LogP contribution is -2.40. The lowest BCUT2D eigenvalue weighted by molar-refractivity contribution is -0.138. The van der Waals surface area contributed by atoms with E-state index in [1.165, 1.54) is 41.7 Å². The molecule has 1 saturated heterocycles. The van der Waals surface area contributed by atoms with Gasteiger partial charge in [0.25, 0.3) is 0 Å². The maximum Gasteiger partial charge on any atom is 0.416 e. The molecule has 23 heteroatoms. The molecule has 4 aromatic heterocycles. The van der Waals surface area contributed by atoms with Crippen LogP contribution in [-0.4, -0.2) is 66.0 Å². The number of hydrogen-bond donors (Lipinski definition) is 2. The van der Waals surface area contributed by atoms with Crippen molar-refractivity contribution in [1.82, 2.24) is 25.2 Å². The first kappa shape index (κ1) is 68.5. The fourth-order valence-corrected chi connectivity index (χ4v) is 8.98. The van der Waals surface area contributed by atoms with E-state index in [4.69, 9.17) is 27.4 Å². The van der Waals surface area contributed by atoms with Crippen LogP contribution in [0.3, 0.4) is 0 Å². The number of aromatic nitrogens is 4. The number of carbonyl (C=O) groups is 3.